The molecule has 0 aliphatic carbocycles. The fraction of sp³-hybridized carbons (Fsp3) is 0.250. The Bertz CT molecular complexity index is 907. The highest BCUT2D eigenvalue weighted by molar-refractivity contribution is 7.99. The van der Waals surface area contributed by atoms with Crippen LogP contribution in [0.5, 0.6) is 11.5 Å². The lowest BCUT2D eigenvalue weighted by molar-refractivity contribution is -0.131. The van der Waals surface area contributed by atoms with Gasteiger partial charge in [0.15, 0.2) is 16.7 Å². The zero-order chi connectivity index (χ0) is 19.2. The zero-order valence-corrected chi connectivity index (χ0v) is 16.3. The fourth-order valence-corrected chi connectivity index (χ4v) is 3.20. The van der Waals surface area contributed by atoms with E-state index >= 15 is 0 Å². The van der Waals surface area contributed by atoms with E-state index in [4.69, 9.17) is 9.47 Å². The maximum Gasteiger partial charge on any atom is 0.321 e. The zero-order valence-electron chi connectivity index (χ0n) is 15.5. The van der Waals surface area contributed by atoms with Crippen LogP contribution in [0.25, 0.3) is 5.69 Å². The van der Waals surface area contributed by atoms with Crippen molar-refractivity contribution in [3.8, 4) is 17.2 Å². The Balaban J connectivity index is 1.65. The molecule has 3 aromatic rings. The Kier molecular flexibility index (Phi) is 6.13. The van der Waals surface area contributed by atoms with Gasteiger partial charge in [0, 0.05) is 5.69 Å². The number of thioether (sulfide) groups is 1. The van der Waals surface area contributed by atoms with Crippen LogP contribution < -0.4 is 9.47 Å². The molecule has 0 N–H and O–H groups in total. The third-order valence-corrected chi connectivity index (χ3v) is 4.88. The van der Waals surface area contributed by atoms with E-state index in [-0.39, 0.29) is 11.7 Å². The Morgan fingerprint density at radius 1 is 1.11 bits per heavy atom. The number of aromatic nitrogens is 3. The highest BCUT2D eigenvalue weighted by Crippen LogP contribution is 2.27. The van der Waals surface area contributed by atoms with Gasteiger partial charge in [0.1, 0.15) is 6.33 Å². The lowest BCUT2D eigenvalue weighted by Gasteiger charge is -2.10. The van der Waals surface area contributed by atoms with Crippen LogP contribution in [0.15, 0.2) is 60.0 Å². The number of methoxy groups -OCH3 is 1. The molecule has 0 fully saturated rings. The van der Waals surface area contributed by atoms with Gasteiger partial charge in [0.05, 0.1) is 12.9 Å². The minimum absolute atomic E-state index is 0.112. The maximum absolute atomic E-state index is 12.2. The molecule has 2 aromatic carbocycles. The standard InChI is InChI=1S/C20H21N3O3S/c1-14(2)15-8-10-16(11-9-15)23-13-21-22-20(23)27-12-19(24)26-18-7-5-4-6-17(18)25-3/h4-11,13-14H,12H2,1-3H3. The van der Waals surface area contributed by atoms with E-state index in [1.807, 2.05) is 22.8 Å². The van der Waals surface area contributed by atoms with Gasteiger partial charge in [-0.2, -0.15) is 0 Å². The van der Waals surface area contributed by atoms with Crippen molar-refractivity contribution < 1.29 is 14.3 Å². The number of rotatable bonds is 7. The first-order valence-corrected chi connectivity index (χ1v) is 9.54. The van der Waals surface area contributed by atoms with Gasteiger partial charge >= 0.3 is 5.97 Å². The van der Waals surface area contributed by atoms with E-state index in [1.54, 1.807) is 24.5 Å². The van der Waals surface area contributed by atoms with Crippen molar-refractivity contribution in [2.45, 2.75) is 24.9 Å². The smallest absolute Gasteiger partial charge is 0.321 e. The minimum Gasteiger partial charge on any atom is -0.493 e. The molecule has 1 aromatic heterocycles. The molecule has 3 rings (SSSR count). The molecule has 27 heavy (non-hydrogen) atoms. The summed E-state index contributed by atoms with van der Waals surface area (Å²) in [5.41, 5.74) is 2.21. The monoisotopic (exact) mass is 383 g/mol. The van der Waals surface area contributed by atoms with Gasteiger partial charge in [-0.25, -0.2) is 0 Å². The Labute approximate surface area is 162 Å². The maximum atomic E-state index is 12.2. The van der Waals surface area contributed by atoms with Crippen LogP contribution in [-0.4, -0.2) is 33.6 Å². The summed E-state index contributed by atoms with van der Waals surface area (Å²) in [5, 5.41) is 8.70. The van der Waals surface area contributed by atoms with Crippen LogP contribution >= 0.6 is 11.8 Å². The number of ether oxygens (including phenoxy) is 2. The summed E-state index contributed by atoms with van der Waals surface area (Å²) in [7, 11) is 1.54. The summed E-state index contributed by atoms with van der Waals surface area (Å²) < 4.78 is 12.4. The molecule has 6 nitrogen and oxygen atoms in total. The van der Waals surface area contributed by atoms with Crippen LogP contribution in [0.4, 0.5) is 0 Å². The summed E-state index contributed by atoms with van der Waals surface area (Å²) in [4.78, 5) is 12.2. The van der Waals surface area contributed by atoms with Crippen LogP contribution in [-0.2, 0) is 4.79 Å². The Morgan fingerprint density at radius 2 is 1.81 bits per heavy atom. The highest BCUT2D eigenvalue weighted by Gasteiger charge is 2.13. The molecule has 7 heteroatoms. The first kappa shape index (κ1) is 19.0. The third-order valence-electron chi connectivity index (χ3n) is 3.97. The van der Waals surface area contributed by atoms with Crippen molar-refractivity contribution in [2.24, 2.45) is 0 Å². The molecule has 0 saturated heterocycles. The molecule has 0 radical (unpaired) electrons. The number of carbonyl (C=O) groups excluding carboxylic acids is 1. The quantitative estimate of drug-likeness (QED) is 0.348. The summed E-state index contributed by atoms with van der Waals surface area (Å²) >= 11 is 1.27. The van der Waals surface area contributed by atoms with Crippen molar-refractivity contribution in [3.05, 3.63) is 60.4 Å². The second kappa shape index (κ2) is 8.73. The molecule has 0 saturated carbocycles. The SMILES string of the molecule is COc1ccccc1OC(=O)CSc1nncn1-c1ccc(C(C)C)cc1. The molecule has 0 aliphatic rings. The first-order chi connectivity index (χ1) is 13.1. The molecule has 0 amide bonds. The molecule has 1 heterocycles. The highest BCUT2D eigenvalue weighted by atomic mass is 32.2. The van der Waals surface area contributed by atoms with Crippen LogP contribution in [0.1, 0.15) is 25.3 Å². The van der Waals surface area contributed by atoms with Gasteiger partial charge in [0.2, 0.25) is 0 Å². The molecule has 140 valence electrons. The summed E-state index contributed by atoms with van der Waals surface area (Å²) in [5.74, 6) is 1.12. The van der Waals surface area contributed by atoms with E-state index in [1.165, 1.54) is 24.4 Å². The largest absolute Gasteiger partial charge is 0.493 e. The summed E-state index contributed by atoms with van der Waals surface area (Å²) in [6, 6.07) is 15.3. The molecular weight excluding hydrogens is 362 g/mol. The lowest BCUT2D eigenvalue weighted by atomic mass is 10.0. The van der Waals surface area contributed by atoms with Gasteiger partial charge < -0.3 is 9.47 Å². The van der Waals surface area contributed by atoms with E-state index in [0.29, 0.717) is 22.6 Å². The predicted octanol–water partition coefficient (Wildman–Crippen LogP) is 4.10. The molecule has 0 unspecified atom stereocenters. The van der Waals surface area contributed by atoms with Crippen molar-refractivity contribution >= 4 is 17.7 Å². The second-order valence-corrected chi connectivity index (χ2v) is 7.09. The Hall–Kier alpha value is -2.80. The summed E-state index contributed by atoms with van der Waals surface area (Å²) in [6.07, 6.45) is 1.64. The molecule has 0 bridgehead atoms. The number of esters is 1. The third kappa shape index (κ3) is 4.68. The van der Waals surface area contributed by atoms with Gasteiger partial charge in [0.25, 0.3) is 0 Å². The summed E-state index contributed by atoms with van der Waals surface area (Å²) in [6.45, 7) is 4.31. The molecule has 0 atom stereocenters. The van der Waals surface area contributed by atoms with Crippen molar-refractivity contribution in [1.82, 2.24) is 14.8 Å². The number of carbonyl (C=O) groups is 1. The van der Waals surface area contributed by atoms with Crippen molar-refractivity contribution in [2.75, 3.05) is 12.9 Å². The van der Waals surface area contributed by atoms with Crippen LogP contribution in [0.2, 0.25) is 0 Å². The van der Waals surface area contributed by atoms with Crippen molar-refractivity contribution in [3.63, 3.8) is 0 Å². The number of para-hydroxylation sites is 2. The van der Waals surface area contributed by atoms with Crippen LogP contribution in [0, 0.1) is 0 Å². The number of nitrogens with zero attached hydrogens (tertiary/aromatic N) is 3. The number of hydrogen-bond donors (Lipinski definition) is 0. The fourth-order valence-electron chi connectivity index (χ4n) is 2.50. The van der Waals surface area contributed by atoms with E-state index < -0.39 is 0 Å². The van der Waals surface area contributed by atoms with Gasteiger partial charge in [-0.1, -0.05) is 49.9 Å². The van der Waals surface area contributed by atoms with Crippen LogP contribution in [0.3, 0.4) is 0 Å². The van der Waals surface area contributed by atoms with Crippen molar-refractivity contribution in [1.29, 1.82) is 0 Å². The van der Waals surface area contributed by atoms with Gasteiger partial charge in [-0.05, 0) is 35.7 Å². The van der Waals surface area contributed by atoms with E-state index in [2.05, 4.69) is 36.2 Å². The first-order valence-electron chi connectivity index (χ1n) is 8.55. The average molecular weight is 383 g/mol. The Morgan fingerprint density at radius 3 is 2.48 bits per heavy atom. The average Bonchev–Trinajstić information content (AvgIpc) is 3.15. The molecule has 0 aliphatic heterocycles. The number of hydrogen-bond acceptors (Lipinski definition) is 6. The molecular formula is C20H21N3O3S. The second-order valence-electron chi connectivity index (χ2n) is 6.14. The van der Waals surface area contributed by atoms with Gasteiger partial charge in [-0.15, -0.1) is 10.2 Å². The topological polar surface area (TPSA) is 66.2 Å². The molecule has 0 spiro atoms. The van der Waals surface area contributed by atoms with E-state index in [9.17, 15) is 4.79 Å². The lowest BCUT2D eigenvalue weighted by Crippen LogP contribution is -2.12. The minimum atomic E-state index is -0.380. The van der Waals surface area contributed by atoms with E-state index in [0.717, 1.165) is 5.69 Å². The number of benzene rings is 2. The van der Waals surface area contributed by atoms with Gasteiger partial charge in [-0.3, -0.25) is 9.36 Å². The normalized spacial score (nSPS) is 10.8. The predicted molar refractivity (Wildman–Crippen MR) is 105 cm³/mol.